The number of hydrogen-bond acceptors (Lipinski definition) is 2. The summed E-state index contributed by atoms with van der Waals surface area (Å²) < 4.78 is 13.4. The van der Waals surface area contributed by atoms with E-state index in [1.807, 2.05) is 0 Å². The Kier molecular flexibility index (Phi) is 3.33. The number of nitrogens with two attached hydrogens (primary N) is 1. The Morgan fingerprint density at radius 3 is 2.88 bits per heavy atom. The van der Waals surface area contributed by atoms with E-state index in [2.05, 4.69) is 17.1 Å². The number of halogens is 2. The summed E-state index contributed by atoms with van der Waals surface area (Å²) in [5.41, 5.74) is 8.17. The molecule has 0 unspecified atom stereocenters. The van der Waals surface area contributed by atoms with Gasteiger partial charge >= 0.3 is 0 Å². The third-order valence-electron chi connectivity index (χ3n) is 2.61. The van der Waals surface area contributed by atoms with Crippen LogP contribution >= 0.6 is 11.6 Å². The fourth-order valence-electron chi connectivity index (χ4n) is 1.77. The van der Waals surface area contributed by atoms with E-state index >= 15 is 0 Å². The van der Waals surface area contributed by atoms with Crippen LogP contribution in [-0.4, -0.2) is 10.2 Å². The van der Waals surface area contributed by atoms with E-state index in [9.17, 15) is 4.39 Å². The molecule has 0 amide bonds. The highest BCUT2D eigenvalue weighted by Gasteiger charge is 2.13. The van der Waals surface area contributed by atoms with Gasteiger partial charge in [0.05, 0.1) is 10.7 Å². The molecule has 0 bridgehead atoms. The van der Waals surface area contributed by atoms with Gasteiger partial charge in [-0.25, -0.2) is 4.39 Å². The summed E-state index contributed by atoms with van der Waals surface area (Å²) in [7, 11) is 0. The third kappa shape index (κ3) is 2.26. The van der Waals surface area contributed by atoms with Crippen molar-refractivity contribution in [3.63, 3.8) is 0 Å². The number of nitrogen functional groups attached to an aromatic ring is 1. The van der Waals surface area contributed by atoms with Crippen molar-refractivity contribution in [2.75, 3.05) is 5.73 Å². The standard InChI is InChI=1S/C12H13ClFN3/c1-2-3-8-11(16-17-12(8)15)7-4-5-9(13)10(14)6-7/h4-6H,2-3H2,1H3,(H3,15,16,17). The third-order valence-corrected chi connectivity index (χ3v) is 2.91. The lowest BCUT2D eigenvalue weighted by Gasteiger charge is -2.04. The molecular weight excluding hydrogens is 241 g/mol. The molecule has 0 saturated heterocycles. The maximum absolute atomic E-state index is 13.4. The molecule has 0 atom stereocenters. The molecule has 0 fully saturated rings. The summed E-state index contributed by atoms with van der Waals surface area (Å²) in [5, 5.41) is 6.91. The smallest absolute Gasteiger partial charge is 0.149 e. The second-order valence-electron chi connectivity index (χ2n) is 3.84. The van der Waals surface area contributed by atoms with Crippen molar-refractivity contribution in [2.45, 2.75) is 19.8 Å². The predicted octanol–water partition coefficient (Wildman–Crippen LogP) is 3.40. The second kappa shape index (κ2) is 4.75. The summed E-state index contributed by atoms with van der Waals surface area (Å²) in [6, 6.07) is 4.66. The quantitative estimate of drug-likeness (QED) is 0.881. The molecular formula is C12H13ClFN3. The van der Waals surface area contributed by atoms with Gasteiger partial charge in [-0.2, -0.15) is 5.10 Å². The van der Waals surface area contributed by atoms with Gasteiger partial charge in [0.25, 0.3) is 0 Å². The number of nitrogens with one attached hydrogen (secondary N) is 1. The number of H-pyrrole nitrogens is 1. The van der Waals surface area contributed by atoms with Crippen molar-refractivity contribution in [3.05, 3.63) is 34.6 Å². The summed E-state index contributed by atoms with van der Waals surface area (Å²) >= 11 is 5.65. The molecule has 2 aromatic rings. The molecule has 90 valence electrons. The van der Waals surface area contributed by atoms with Gasteiger partial charge < -0.3 is 5.73 Å². The Morgan fingerprint density at radius 2 is 2.24 bits per heavy atom. The van der Waals surface area contributed by atoms with E-state index in [1.54, 1.807) is 6.07 Å². The molecule has 0 spiro atoms. The van der Waals surface area contributed by atoms with Crippen molar-refractivity contribution in [3.8, 4) is 11.3 Å². The highest BCUT2D eigenvalue weighted by molar-refractivity contribution is 6.30. The molecule has 1 aromatic heterocycles. The van der Waals surface area contributed by atoms with E-state index in [0.29, 0.717) is 11.4 Å². The van der Waals surface area contributed by atoms with E-state index in [0.717, 1.165) is 24.1 Å². The average Bonchev–Trinajstić information content (AvgIpc) is 2.66. The lowest BCUT2D eigenvalue weighted by atomic mass is 10.0. The predicted molar refractivity (Wildman–Crippen MR) is 67.4 cm³/mol. The highest BCUT2D eigenvalue weighted by Crippen LogP contribution is 2.28. The van der Waals surface area contributed by atoms with Gasteiger partial charge in [-0.15, -0.1) is 0 Å². The first kappa shape index (κ1) is 11.9. The molecule has 0 radical (unpaired) electrons. The van der Waals surface area contributed by atoms with Gasteiger partial charge in [0, 0.05) is 11.1 Å². The minimum atomic E-state index is -0.445. The van der Waals surface area contributed by atoms with Crippen molar-refractivity contribution in [1.82, 2.24) is 10.2 Å². The maximum atomic E-state index is 13.4. The van der Waals surface area contributed by atoms with Crippen LogP contribution in [0.1, 0.15) is 18.9 Å². The molecule has 17 heavy (non-hydrogen) atoms. The maximum Gasteiger partial charge on any atom is 0.149 e. The molecule has 1 aromatic carbocycles. The number of benzene rings is 1. The van der Waals surface area contributed by atoms with Crippen LogP contribution < -0.4 is 5.73 Å². The monoisotopic (exact) mass is 253 g/mol. The molecule has 0 aliphatic heterocycles. The van der Waals surface area contributed by atoms with Gasteiger partial charge in [0.15, 0.2) is 0 Å². The van der Waals surface area contributed by atoms with Gasteiger partial charge in [-0.05, 0) is 18.6 Å². The van der Waals surface area contributed by atoms with Crippen LogP contribution in [0.4, 0.5) is 10.2 Å². The molecule has 1 heterocycles. The highest BCUT2D eigenvalue weighted by atomic mass is 35.5. The molecule has 0 saturated carbocycles. The SMILES string of the molecule is CCCc1c(N)n[nH]c1-c1ccc(Cl)c(F)c1. The van der Waals surface area contributed by atoms with Gasteiger partial charge in [-0.3, -0.25) is 5.10 Å². The van der Waals surface area contributed by atoms with E-state index in [1.165, 1.54) is 12.1 Å². The number of nitrogens with zero attached hydrogens (tertiary/aromatic N) is 1. The average molecular weight is 254 g/mol. The van der Waals surface area contributed by atoms with E-state index < -0.39 is 5.82 Å². The largest absolute Gasteiger partial charge is 0.382 e. The zero-order valence-corrected chi connectivity index (χ0v) is 10.2. The molecule has 0 aliphatic rings. The summed E-state index contributed by atoms with van der Waals surface area (Å²) in [6.07, 6.45) is 1.76. The van der Waals surface area contributed by atoms with Crippen LogP contribution in [0.5, 0.6) is 0 Å². The lowest BCUT2D eigenvalue weighted by molar-refractivity contribution is 0.628. The first-order valence-corrected chi connectivity index (χ1v) is 5.79. The first-order chi connectivity index (χ1) is 8.13. The van der Waals surface area contributed by atoms with Crippen LogP contribution in [0.3, 0.4) is 0 Å². The van der Waals surface area contributed by atoms with Crippen LogP contribution in [0.2, 0.25) is 5.02 Å². The second-order valence-corrected chi connectivity index (χ2v) is 4.25. The lowest BCUT2D eigenvalue weighted by Crippen LogP contribution is -1.93. The van der Waals surface area contributed by atoms with Gasteiger partial charge in [0.1, 0.15) is 11.6 Å². The zero-order valence-electron chi connectivity index (χ0n) is 9.43. The van der Waals surface area contributed by atoms with Crippen LogP contribution in [0.25, 0.3) is 11.3 Å². The van der Waals surface area contributed by atoms with Crippen molar-refractivity contribution in [2.24, 2.45) is 0 Å². The minimum Gasteiger partial charge on any atom is -0.382 e. The molecule has 3 nitrogen and oxygen atoms in total. The first-order valence-electron chi connectivity index (χ1n) is 5.41. The van der Waals surface area contributed by atoms with Crippen LogP contribution in [-0.2, 0) is 6.42 Å². The number of aromatic amines is 1. The Morgan fingerprint density at radius 1 is 1.47 bits per heavy atom. The Balaban J connectivity index is 2.48. The van der Waals surface area contributed by atoms with Gasteiger partial charge in [-0.1, -0.05) is 31.0 Å². The molecule has 2 rings (SSSR count). The summed E-state index contributed by atoms with van der Waals surface area (Å²) in [5.74, 6) is 0.0250. The van der Waals surface area contributed by atoms with Crippen molar-refractivity contribution < 1.29 is 4.39 Å². The fourth-order valence-corrected chi connectivity index (χ4v) is 1.89. The number of rotatable bonds is 3. The summed E-state index contributed by atoms with van der Waals surface area (Å²) in [6.45, 7) is 2.05. The minimum absolute atomic E-state index is 0.110. The van der Waals surface area contributed by atoms with E-state index in [4.69, 9.17) is 17.3 Å². The van der Waals surface area contributed by atoms with Crippen molar-refractivity contribution >= 4 is 17.4 Å². The fraction of sp³-hybridized carbons (Fsp3) is 0.250. The Labute approximate surface area is 104 Å². The number of hydrogen-bond donors (Lipinski definition) is 2. The number of aromatic nitrogens is 2. The molecule has 5 heteroatoms. The van der Waals surface area contributed by atoms with E-state index in [-0.39, 0.29) is 5.02 Å². The molecule has 0 aliphatic carbocycles. The van der Waals surface area contributed by atoms with Crippen LogP contribution in [0.15, 0.2) is 18.2 Å². The zero-order chi connectivity index (χ0) is 12.4. The van der Waals surface area contributed by atoms with Crippen LogP contribution in [0, 0.1) is 5.82 Å². The van der Waals surface area contributed by atoms with Crippen molar-refractivity contribution in [1.29, 1.82) is 0 Å². The summed E-state index contributed by atoms with van der Waals surface area (Å²) in [4.78, 5) is 0. The molecule has 3 N–H and O–H groups in total. The Bertz CT molecular complexity index is 537. The topological polar surface area (TPSA) is 54.7 Å². The van der Waals surface area contributed by atoms with Gasteiger partial charge in [0.2, 0.25) is 0 Å². The Hall–Kier alpha value is -1.55. The normalized spacial score (nSPS) is 10.8. The number of anilines is 1.